The van der Waals surface area contributed by atoms with Gasteiger partial charge in [-0.25, -0.2) is 0 Å². The molecule has 0 radical (unpaired) electrons. The van der Waals surface area contributed by atoms with Crippen molar-refractivity contribution < 1.29 is 28.8 Å². The zero-order chi connectivity index (χ0) is 22.8. The van der Waals surface area contributed by atoms with Gasteiger partial charge in [0.25, 0.3) is 5.91 Å². The maximum Gasteiger partial charge on any atom is 0.273 e. The molecule has 1 amide bonds. The van der Waals surface area contributed by atoms with E-state index in [9.17, 15) is 9.90 Å². The third kappa shape index (κ3) is 3.65. The van der Waals surface area contributed by atoms with Crippen molar-refractivity contribution in [3.8, 4) is 28.5 Å². The van der Waals surface area contributed by atoms with Crippen LogP contribution in [0.25, 0.3) is 11.3 Å². The molecule has 1 unspecified atom stereocenters. The molecule has 2 aromatic carbocycles. The van der Waals surface area contributed by atoms with Crippen molar-refractivity contribution >= 4 is 5.91 Å². The SMILES string of the molecule is COc1ccc(C2c3c(-c4ccc(O)cc4)n[nH]c3C(=O)N2CC(OC)OC)c(OC)c1. The van der Waals surface area contributed by atoms with Gasteiger partial charge in [0.15, 0.2) is 6.29 Å². The molecule has 9 nitrogen and oxygen atoms in total. The predicted molar refractivity (Wildman–Crippen MR) is 116 cm³/mol. The van der Waals surface area contributed by atoms with E-state index in [4.69, 9.17) is 18.9 Å². The van der Waals surface area contributed by atoms with Crippen molar-refractivity contribution in [1.29, 1.82) is 0 Å². The largest absolute Gasteiger partial charge is 0.508 e. The molecule has 1 aliphatic rings. The Morgan fingerprint density at radius 3 is 2.41 bits per heavy atom. The number of hydrogen-bond donors (Lipinski definition) is 2. The Hall–Kier alpha value is -3.56. The van der Waals surface area contributed by atoms with Crippen molar-refractivity contribution in [2.75, 3.05) is 35.0 Å². The number of methoxy groups -OCH3 is 4. The molecule has 3 aromatic rings. The van der Waals surface area contributed by atoms with Gasteiger partial charge in [-0.05, 0) is 36.4 Å². The number of hydrogen-bond acceptors (Lipinski definition) is 7. The van der Waals surface area contributed by atoms with Gasteiger partial charge in [0, 0.05) is 37.0 Å². The van der Waals surface area contributed by atoms with Gasteiger partial charge in [-0.3, -0.25) is 9.89 Å². The van der Waals surface area contributed by atoms with Crippen molar-refractivity contribution in [3.05, 3.63) is 59.3 Å². The number of carbonyl (C=O) groups excluding carboxylic acids is 1. The summed E-state index contributed by atoms with van der Waals surface area (Å²) in [7, 11) is 6.21. The maximum absolute atomic E-state index is 13.4. The number of fused-ring (bicyclic) bond motifs is 1. The average molecular weight is 439 g/mol. The van der Waals surface area contributed by atoms with Crippen LogP contribution in [0.5, 0.6) is 17.2 Å². The third-order valence-electron chi connectivity index (χ3n) is 5.61. The van der Waals surface area contributed by atoms with Crippen molar-refractivity contribution in [2.24, 2.45) is 0 Å². The number of H-pyrrole nitrogens is 1. The van der Waals surface area contributed by atoms with E-state index in [2.05, 4.69) is 10.2 Å². The fourth-order valence-electron chi connectivity index (χ4n) is 4.00. The Labute approximate surface area is 185 Å². The number of phenolic OH excluding ortho intramolecular Hbond substituents is 1. The van der Waals surface area contributed by atoms with Crippen LogP contribution < -0.4 is 9.47 Å². The van der Waals surface area contributed by atoms with Gasteiger partial charge in [0.1, 0.15) is 22.9 Å². The van der Waals surface area contributed by atoms with Crippen LogP contribution in [0.4, 0.5) is 0 Å². The van der Waals surface area contributed by atoms with Crippen molar-refractivity contribution in [2.45, 2.75) is 12.3 Å². The van der Waals surface area contributed by atoms with Gasteiger partial charge in [-0.15, -0.1) is 0 Å². The highest BCUT2D eigenvalue weighted by molar-refractivity contribution is 6.00. The van der Waals surface area contributed by atoms with Crippen molar-refractivity contribution in [3.63, 3.8) is 0 Å². The molecule has 0 aliphatic carbocycles. The molecule has 1 aliphatic heterocycles. The number of aromatic amines is 1. The molecule has 2 N–H and O–H groups in total. The average Bonchev–Trinajstić information content (AvgIpc) is 3.36. The highest BCUT2D eigenvalue weighted by atomic mass is 16.7. The summed E-state index contributed by atoms with van der Waals surface area (Å²) in [5, 5.41) is 17.0. The lowest BCUT2D eigenvalue weighted by Crippen LogP contribution is -2.38. The summed E-state index contributed by atoms with van der Waals surface area (Å²) in [4.78, 5) is 15.1. The van der Waals surface area contributed by atoms with E-state index in [0.717, 1.165) is 16.7 Å². The van der Waals surface area contributed by atoms with Gasteiger partial charge in [-0.2, -0.15) is 5.10 Å². The molecular weight excluding hydrogens is 414 g/mol. The van der Waals surface area contributed by atoms with Crippen LogP contribution in [-0.4, -0.2) is 67.4 Å². The first-order valence-electron chi connectivity index (χ1n) is 9.98. The lowest BCUT2D eigenvalue weighted by Gasteiger charge is -2.30. The first kappa shape index (κ1) is 21.7. The smallest absolute Gasteiger partial charge is 0.273 e. The van der Waals surface area contributed by atoms with E-state index in [1.807, 2.05) is 12.1 Å². The molecule has 1 aromatic heterocycles. The predicted octanol–water partition coefficient (Wildman–Crippen LogP) is 2.96. The Bertz CT molecular complexity index is 1110. The topological polar surface area (TPSA) is 106 Å². The summed E-state index contributed by atoms with van der Waals surface area (Å²) in [6.07, 6.45) is -0.611. The zero-order valence-corrected chi connectivity index (χ0v) is 18.3. The first-order valence-corrected chi connectivity index (χ1v) is 9.98. The number of nitrogens with one attached hydrogen (secondary N) is 1. The number of aromatic nitrogens is 2. The minimum absolute atomic E-state index is 0.148. The second kappa shape index (κ2) is 8.89. The third-order valence-corrected chi connectivity index (χ3v) is 5.61. The first-order chi connectivity index (χ1) is 15.5. The number of nitrogens with zero attached hydrogens (tertiary/aromatic N) is 2. The number of benzene rings is 2. The van der Waals surface area contributed by atoms with E-state index >= 15 is 0 Å². The number of carbonyl (C=O) groups is 1. The summed E-state index contributed by atoms with van der Waals surface area (Å²) >= 11 is 0. The van der Waals surface area contributed by atoms with Crippen LogP contribution in [0.2, 0.25) is 0 Å². The number of rotatable bonds is 8. The number of ether oxygens (including phenoxy) is 4. The van der Waals surface area contributed by atoms with E-state index in [-0.39, 0.29) is 18.2 Å². The Morgan fingerprint density at radius 1 is 1.06 bits per heavy atom. The number of phenols is 1. The maximum atomic E-state index is 13.4. The quantitative estimate of drug-likeness (QED) is 0.520. The van der Waals surface area contributed by atoms with Gasteiger partial charge >= 0.3 is 0 Å². The molecule has 4 rings (SSSR count). The molecule has 2 heterocycles. The van der Waals surface area contributed by atoms with Gasteiger partial charge in [0.2, 0.25) is 0 Å². The van der Waals surface area contributed by atoms with Crippen LogP contribution in [0.1, 0.15) is 27.7 Å². The van der Waals surface area contributed by atoms with Crippen LogP contribution in [0, 0.1) is 0 Å². The van der Waals surface area contributed by atoms with Crippen LogP contribution in [-0.2, 0) is 9.47 Å². The minimum atomic E-state index is -0.611. The van der Waals surface area contributed by atoms with Gasteiger partial charge < -0.3 is 29.0 Å². The van der Waals surface area contributed by atoms with Crippen LogP contribution in [0.3, 0.4) is 0 Å². The molecule has 1 atom stereocenters. The summed E-state index contributed by atoms with van der Waals surface area (Å²) in [5.41, 5.74) is 3.26. The van der Waals surface area contributed by atoms with Gasteiger partial charge in [-0.1, -0.05) is 0 Å². The highest BCUT2D eigenvalue weighted by Gasteiger charge is 2.44. The van der Waals surface area contributed by atoms with E-state index in [1.54, 1.807) is 49.5 Å². The molecule has 0 bridgehead atoms. The Kier molecular flexibility index (Phi) is 6.02. The molecule has 168 valence electrons. The van der Waals surface area contributed by atoms with E-state index < -0.39 is 12.3 Å². The van der Waals surface area contributed by atoms with Gasteiger partial charge in [0.05, 0.1) is 32.5 Å². The minimum Gasteiger partial charge on any atom is -0.508 e. The molecule has 32 heavy (non-hydrogen) atoms. The Morgan fingerprint density at radius 2 is 1.78 bits per heavy atom. The summed E-state index contributed by atoms with van der Waals surface area (Å²) in [6.45, 7) is 0.198. The molecule has 0 spiro atoms. The number of aromatic hydroxyl groups is 1. The monoisotopic (exact) mass is 439 g/mol. The fraction of sp³-hybridized carbons (Fsp3) is 0.304. The standard InChI is InChI=1S/C23H25N3O6/c1-29-15-9-10-16(17(11-15)30-2)22-19-20(13-5-7-14(27)8-6-13)24-25-21(19)23(28)26(22)12-18(31-3)32-4/h5-11,18,22,27H,12H2,1-4H3,(H,24,25). The zero-order valence-electron chi connectivity index (χ0n) is 18.3. The lowest BCUT2D eigenvalue weighted by molar-refractivity contribution is -0.113. The highest BCUT2D eigenvalue weighted by Crippen LogP contribution is 2.46. The summed E-state index contributed by atoms with van der Waals surface area (Å²) < 4.78 is 21.7. The van der Waals surface area contributed by atoms with E-state index in [1.165, 1.54) is 14.2 Å². The summed E-state index contributed by atoms with van der Waals surface area (Å²) in [5.74, 6) is 1.14. The molecule has 0 saturated carbocycles. The van der Waals surface area contributed by atoms with Crippen LogP contribution in [0.15, 0.2) is 42.5 Å². The fourth-order valence-corrected chi connectivity index (χ4v) is 4.00. The van der Waals surface area contributed by atoms with Crippen molar-refractivity contribution in [1.82, 2.24) is 15.1 Å². The molecule has 0 saturated heterocycles. The second-order valence-electron chi connectivity index (χ2n) is 7.28. The Balaban J connectivity index is 1.89. The molecule has 0 fully saturated rings. The van der Waals surface area contributed by atoms with E-state index in [0.29, 0.717) is 22.9 Å². The van der Waals surface area contributed by atoms with Crippen LogP contribution >= 0.6 is 0 Å². The second-order valence-corrected chi connectivity index (χ2v) is 7.28. The normalized spacial score (nSPS) is 15.3. The lowest BCUT2D eigenvalue weighted by atomic mass is 9.95. The molecule has 9 heteroatoms. The number of amides is 1. The summed E-state index contributed by atoms with van der Waals surface area (Å²) in [6, 6.07) is 11.7. The molecular formula is C23H25N3O6.